The van der Waals surface area contributed by atoms with Gasteiger partial charge >= 0.3 is 0 Å². The Morgan fingerprint density at radius 1 is 1.62 bits per heavy atom. The van der Waals surface area contributed by atoms with E-state index >= 15 is 0 Å². The highest BCUT2D eigenvalue weighted by Gasteiger charge is 2.14. The van der Waals surface area contributed by atoms with Gasteiger partial charge < -0.3 is 10.1 Å². The molecular weight excluding hydrogens is 182 g/mol. The van der Waals surface area contributed by atoms with Gasteiger partial charge in [-0.15, -0.1) is 6.42 Å². The van der Waals surface area contributed by atoms with Crippen molar-refractivity contribution in [3.05, 3.63) is 0 Å². The summed E-state index contributed by atoms with van der Waals surface area (Å²) >= 11 is 1.94. The first kappa shape index (κ1) is 10.9. The molecule has 0 aromatic rings. The van der Waals surface area contributed by atoms with Crippen molar-refractivity contribution >= 4 is 11.8 Å². The van der Waals surface area contributed by atoms with Gasteiger partial charge in [-0.3, -0.25) is 0 Å². The second kappa shape index (κ2) is 7.25. The van der Waals surface area contributed by atoms with Crippen LogP contribution in [0.4, 0.5) is 0 Å². The molecule has 0 bridgehead atoms. The maximum atomic E-state index is 5.51. The first-order chi connectivity index (χ1) is 6.43. The molecule has 74 valence electrons. The van der Waals surface area contributed by atoms with Crippen LogP contribution in [0.5, 0.6) is 0 Å². The third-order valence-corrected chi connectivity index (χ3v) is 3.08. The van der Waals surface area contributed by atoms with E-state index in [0.717, 1.165) is 24.7 Å². The Morgan fingerprint density at radius 3 is 3.23 bits per heavy atom. The number of rotatable bonds is 6. The lowest BCUT2D eigenvalue weighted by atomic mass is 10.3. The van der Waals surface area contributed by atoms with E-state index in [4.69, 9.17) is 11.2 Å². The summed E-state index contributed by atoms with van der Waals surface area (Å²) in [6.07, 6.45) is 8.09. The number of nitrogens with one attached hydrogen (secondary N) is 1. The van der Waals surface area contributed by atoms with Crippen LogP contribution in [-0.2, 0) is 4.74 Å². The van der Waals surface area contributed by atoms with Gasteiger partial charge in [-0.2, -0.15) is 11.8 Å². The molecule has 1 unspecified atom stereocenters. The van der Waals surface area contributed by atoms with Gasteiger partial charge in [-0.25, -0.2) is 0 Å². The van der Waals surface area contributed by atoms with Crippen molar-refractivity contribution in [1.82, 2.24) is 5.32 Å². The maximum Gasteiger partial charge on any atom is 0.0666 e. The fourth-order valence-electron chi connectivity index (χ4n) is 1.30. The summed E-state index contributed by atoms with van der Waals surface area (Å²) in [7, 11) is 0. The molecule has 3 heteroatoms. The monoisotopic (exact) mass is 199 g/mol. The third kappa shape index (κ3) is 5.20. The molecule has 1 atom stereocenters. The Bertz CT molecular complexity index is 161. The van der Waals surface area contributed by atoms with E-state index in [0.29, 0.717) is 12.6 Å². The number of hydrogen-bond donors (Lipinski definition) is 1. The lowest BCUT2D eigenvalue weighted by molar-refractivity contribution is 0.129. The van der Waals surface area contributed by atoms with Crippen LogP contribution >= 0.6 is 11.8 Å². The normalized spacial score (nSPS) is 21.6. The van der Waals surface area contributed by atoms with Crippen molar-refractivity contribution < 1.29 is 4.74 Å². The Hall–Kier alpha value is -0.170. The molecule has 13 heavy (non-hydrogen) atoms. The second-order valence-electron chi connectivity index (χ2n) is 3.09. The number of thioether (sulfide) groups is 1. The van der Waals surface area contributed by atoms with Crippen LogP contribution in [0.25, 0.3) is 0 Å². The van der Waals surface area contributed by atoms with Gasteiger partial charge in [-0.05, 0) is 12.8 Å². The topological polar surface area (TPSA) is 21.3 Å². The molecule has 1 heterocycles. The molecule has 1 fully saturated rings. The zero-order valence-electron chi connectivity index (χ0n) is 7.92. The Balaban J connectivity index is 1.81. The van der Waals surface area contributed by atoms with Crippen LogP contribution in [0.2, 0.25) is 0 Å². The van der Waals surface area contributed by atoms with Crippen molar-refractivity contribution in [2.45, 2.75) is 18.9 Å². The average molecular weight is 199 g/mol. The SMILES string of the molecule is C#CCNCCSCC1CCCO1. The van der Waals surface area contributed by atoms with Crippen LogP contribution in [0, 0.1) is 12.3 Å². The van der Waals surface area contributed by atoms with Crippen LogP contribution in [-0.4, -0.2) is 37.3 Å². The zero-order chi connectivity index (χ0) is 9.36. The Morgan fingerprint density at radius 2 is 2.54 bits per heavy atom. The summed E-state index contributed by atoms with van der Waals surface area (Å²) in [5, 5.41) is 3.16. The largest absolute Gasteiger partial charge is 0.377 e. The fourth-order valence-corrected chi connectivity index (χ4v) is 2.28. The number of terminal acetylenes is 1. The minimum Gasteiger partial charge on any atom is -0.377 e. The summed E-state index contributed by atoms with van der Waals surface area (Å²) in [6, 6.07) is 0. The summed E-state index contributed by atoms with van der Waals surface area (Å²) in [5.41, 5.74) is 0. The summed E-state index contributed by atoms with van der Waals surface area (Å²) in [5.74, 6) is 4.82. The maximum absolute atomic E-state index is 5.51. The molecule has 0 aromatic heterocycles. The summed E-state index contributed by atoms with van der Waals surface area (Å²) < 4.78 is 5.51. The second-order valence-corrected chi connectivity index (χ2v) is 4.24. The van der Waals surface area contributed by atoms with E-state index in [2.05, 4.69) is 11.2 Å². The van der Waals surface area contributed by atoms with Crippen LogP contribution in [0.3, 0.4) is 0 Å². The standard InChI is InChI=1S/C10H17NOS/c1-2-5-11-6-8-13-9-10-4-3-7-12-10/h1,10-11H,3-9H2. The molecule has 0 radical (unpaired) electrons. The summed E-state index contributed by atoms with van der Waals surface area (Å²) in [4.78, 5) is 0. The highest BCUT2D eigenvalue weighted by molar-refractivity contribution is 7.99. The Labute approximate surface area is 84.8 Å². The minimum atomic E-state index is 0.512. The predicted molar refractivity (Wildman–Crippen MR) is 58.0 cm³/mol. The van der Waals surface area contributed by atoms with Gasteiger partial charge in [0.15, 0.2) is 0 Å². The zero-order valence-corrected chi connectivity index (χ0v) is 8.74. The smallest absolute Gasteiger partial charge is 0.0666 e. The van der Waals surface area contributed by atoms with E-state index in [1.54, 1.807) is 0 Å². The molecule has 0 aromatic carbocycles. The molecule has 1 aliphatic heterocycles. The molecular formula is C10H17NOS. The molecule has 0 amide bonds. The van der Waals surface area contributed by atoms with Crippen molar-refractivity contribution in [3.8, 4) is 12.3 Å². The van der Waals surface area contributed by atoms with Gasteiger partial charge in [-0.1, -0.05) is 5.92 Å². The third-order valence-electron chi connectivity index (χ3n) is 1.98. The quantitative estimate of drug-likeness (QED) is 0.512. The molecule has 1 aliphatic rings. The van der Waals surface area contributed by atoms with Crippen LogP contribution in [0.1, 0.15) is 12.8 Å². The molecule has 0 saturated carbocycles. The molecule has 1 N–H and O–H groups in total. The molecule has 0 spiro atoms. The Kier molecular flexibility index (Phi) is 6.09. The van der Waals surface area contributed by atoms with Crippen molar-refractivity contribution in [2.24, 2.45) is 0 Å². The first-order valence-corrected chi connectivity index (χ1v) is 5.92. The van der Waals surface area contributed by atoms with E-state index in [-0.39, 0.29) is 0 Å². The number of ether oxygens (including phenoxy) is 1. The first-order valence-electron chi connectivity index (χ1n) is 4.77. The molecule has 2 nitrogen and oxygen atoms in total. The van der Waals surface area contributed by atoms with E-state index in [1.165, 1.54) is 12.8 Å². The van der Waals surface area contributed by atoms with Crippen LogP contribution in [0.15, 0.2) is 0 Å². The van der Waals surface area contributed by atoms with Gasteiger partial charge in [0.2, 0.25) is 0 Å². The highest BCUT2D eigenvalue weighted by atomic mass is 32.2. The van der Waals surface area contributed by atoms with Gasteiger partial charge in [0.25, 0.3) is 0 Å². The minimum absolute atomic E-state index is 0.512. The van der Waals surface area contributed by atoms with E-state index < -0.39 is 0 Å². The lowest BCUT2D eigenvalue weighted by Gasteiger charge is -2.08. The number of hydrogen-bond acceptors (Lipinski definition) is 3. The molecule has 1 saturated heterocycles. The summed E-state index contributed by atoms with van der Waals surface area (Å²) in [6.45, 7) is 2.64. The highest BCUT2D eigenvalue weighted by Crippen LogP contribution is 2.16. The van der Waals surface area contributed by atoms with Crippen molar-refractivity contribution in [3.63, 3.8) is 0 Å². The fraction of sp³-hybridized carbons (Fsp3) is 0.800. The van der Waals surface area contributed by atoms with E-state index in [1.807, 2.05) is 11.8 Å². The van der Waals surface area contributed by atoms with Gasteiger partial charge in [0.1, 0.15) is 0 Å². The predicted octanol–water partition coefficient (Wildman–Crippen LogP) is 1.12. The lowest BCUT2D eigenvalue weighted by Crippen LogP contribution is -2.18. The van der Waals surface area contributed by atoms with Crippen molar-refractivity contribution in [1.29, 1.82) is 0 Å². The molecule has 1 rings (SSSR count). The van der Waals surface area contributed by atoms with Crippen LogP contribution < -0.4 is 5.32 Å². The van der Waals surface area contributed by atoms with Gasteiger partial charge in [0.05, 0.1) is 12.6 Å². The van der Waals surface area contributed by atoms with Crippen molar-refractivity contribution in [2.75, 3.05) is 31.2 Å². The average Bonchev–Trinajstić information content (AvgIpc) is 2.63. The molecule has 0 aliphatic carbocycles. The van der Waals surface area contributed by atoms with E-state index in [9.17, 15) is 0 Å². The van der Waals surface area contributed by atoms with Gasteiger partial charge in [0, 0.05) is 24.7 Å².